The molecule has 1 amide bonds. The van der Waals surface area contributed by atoms with Crippen molar-refractivity contribution in [3.63, 3.8) is 0 Å². The van der Waals surface area contributed by atoms with Gasteiger partial charge in [-0.05, 0) is 30.7 Å². The number of benzene rings is 1. The van der Waals surface area contributed by atoms with Gasteiger partial charge in [-0.25, -0.2) is 0 Å². The van der Waals surface area contributed by atoms with E-state index in [0.29, 0.717) is 12.1 Å². The van der Waals surface area contributed by atoms with Crippen molar-refractivity contribution in [2.75, 3.05) is 5.32 Å². The van der Waals surface area contributed by atoms with Crippen molar-refractivity contribution in [2.45, 2.75) is 51.6 Å². The quantitative estimate of drug-likeness (QED) is 0.702. The number of anilines is 1. The number of halogens is 3. The molecule has 1 aromatic carbocycles. The first kappa shape index (κ1) is 16.5. The first-order valence-corrected chi connectivity index (χ1v) is 6.90. The standard InChI is InChI=1S/C15H20F3NO/c1-2-3-4-5-6-7-14(20)19-13-10-8-12(9-11-13)15(16,17)18/h8-11H,2-7H2,1H3,(H,19,20). The Kier molecular flexibility index (Phi) is 6.55. The summed E-state index contributed by atoms with van der Waals surface area (Å²) in [7, 11) is 0. The summed E-state index contributed by atoms with van der Waals surface area (Å²) in [6.45, 7) is 2.12. The topological polar surface area (TPSA) is 29.1 Å². The average Bonchev–Trinajstić information content (AvgIpc) is 2.38. The zero-order chi connectivity index (χ0) is 15.0. The largest absolute Gasteiger partial charge is 0.416 e. The Hall–Kier alpha value is -1.52. The van der Waals surface area contributed by atoms with Gasteiger partial charge >= 0.3 is 6.18 Å². The van der Waals surface area contributed by atoms with Gasteiger partial charge in [0.25, 0.3) is 0 Å². The van der Waals surface area contributed by atoms with Crippen LogP contribution < -0.4 is 5.32 Å². The van der Waals surface area contributed by atoms with Crippen LogP contribution in [0.5, 0.6) is 0 Å². The molecule has 5 heteroatoms. The van der Waals surface area contributed by atoms with Gasteiger partial charge < -0.3 is 5.32 Å². The van der Waals surface area contributed by atoms with Crippen LogP contribution in [0.1, 0.15) is 51.0 Å². The van der Waals surface area contributed by atoms with Gasteiger partial charge in [-0.2, -0.15) is 13.2 Å². The molecule has 112 valence electrons. The molecule has 1 N–H and O–H groups in total. The SMILES string of the molecule is CCCCCCCC(=O)Nc1ccc(C(F)(F)F)cc1. The van der Waals surface area contributed by atoms with Gasteiger partial charge in [-0.3, -0.25) is 4.79 Å². The lowest BCUT2D eigenvalue weighted by molar-refractivity contribution is -0.137. The van der Waals surface area contributed by atoms with Crippen LogP contribution in [0.25, 0.3) is 0 Å². The maximum absolute atomic E-state index is 12.4. The summed E-state index contributed by atoms with van der Waals surface area (Å²) in [4.78, 5) is 11.6. The van der Waals surface area contributed by atoms with Crippen LogP contribution in [-0.2, 0) is 11.0 Å². The molecule has 2 nitrogen and oxygen atoms in total. The minimum absolute atomic E-state index is 0.152. The fourth-order valence-electron chi connectivity index (χ4n) is 1.86. The third-order valence-electron chi connectivity index (χ3n) is 3.00. The van der Waals surface area contributed by atoms with Gasteiger partial charge in [0.1, 0.15) is 0 Å². The molecule has 0 unspecified atom stereocenters. The van der Waals surface area contributed by atoms with E-state index in [1.165, 1.54) is 18.6 Å². The maximum atomic E-state index is 12.4. The molecule has 0 aromatic heterocycles. The Morgan fingerprint density at radius 3 is 2.20 bits per heavy atom. The second-order valence-electron chi connectivity index (χ2n) is 4.79. The number of amides is 1. The molecule has 0 bridgehead atoms. The monoisotopic (exact) mass is 287 g/mol. The molecule has 0 fully saturated rings. The summed E-state index contributed by atoms with van der Waals surface area (Å²) in [5.41, 5.74) is -0.313. The molecule has 0 aliphatic heterocycles. The summed E-state index contributed by atoms with van der Waals surface area (Å²) in [5, 5.41) is 2.61. The smallest absolute Gasteiger partial charge is 0.326 e. The molecule has 1 aromatic rings. The fraction of sp³-hybridized carbons (Fsp3) is 0.533. The van der Waals surface area contributed by atoms with E-state index >= 15 is 0 Å². The number of rotatable bonds is 7. The summed E-state index contributed by atoms with van der Waals surface area (Å²) in [5.74, 6) is -0.152. The lowest BCUT2D eigenvalue weighted by Crippen LogP contribution is -2.11. The first-order valence-electron chi connectivity index (χ1n) is 6.90. The minimum Gasteiger partial charge on any atom is -0.326 e. The van der Waals surface area contributed by atoms with Crippen molar-refractivity contribution < 1.29 is 18.0 Å². The molecular formula is C15H20F3NO. The van der Waals surface area contributed by atoms with Crippen LogP contribution >= 0.6 is 0 Å². The maximum Gasteiger partial charge on any atom is 0.416 e. The van der Waals surface area contributed by atoms with Crippen LogP contribution in [0.3, 0.4) is 0 Å². The Morgan fingerprint density at radius 1 is 1.05 bits per heavy atom. The number of alkyl halides is 3. The molecule has 0 heterocycles. The molecule has 0 saturated carbocycles. The predicted octanol–water partition coefficient (Wildman–Crippen LogP) is 5.00. The Bertz CT molecular complexity index is 412. The van der Waals surface area contributed by atoms with E-state index in [4.69, 9.17) is 0 Å². The van der Waals surface area contributed by atoms with Crippen LogP contribution in [0, 0.1) is 0 Å². The van der Waals surface area contributed by atoms with Crippen molar-refractivity contribution in [3.05, 3.63) is 29.8 Å². The number of unbranched alkanes of at least 4 members (excludes halogenated alkanes) is 4. The summed E-state index contributed by atoms with van der Waals surface area (Å²) in [6.07, 6.45) is 1.32. The molecule has 0 aliphatic rings. The third-order valence-corrected chi connectivity index (χ3v) is 3.00. The van der Waals surface area contributed by atoms with Crippen molar-refractivity contribution in [2.24, 2.45) is 0 Å². The second kappa shape index (κ2) is 7.92. The Labute approximate surface area is 117 Å². The summed E-state index contributed by atoms with van der Waals surface area (Å²) < 4.78 is 37.1. The third kappa shape index (κ3) is 6.08. The van der Waals surface area contributed by atoms with Crippen LogP contribution in [0.4, 0.5) is 18.9 Å². The van der Waals surface area contributed by atoms with Crippen LogP contribution in [0.15, 0.2) is 24.3 Å². The van der Waals surface area contributed by atoms with E-state index in [0.717, 1.165) is 37.8 Å². The van der Waals surface area contributed by atoms with E-state index < -0.39 is 11.7 Å². The van der Waals surface area contributed by atoms with Crippen LogP contribution in [0.2, 0.25) is 0 Å². The van der Waals surface area contributed by atoms with E-state index in [1.807, 2.05) is 0 Å². The van der Waals surface area contributed by atoms with Crippen molar-refractivity contribution >= 4 is 11.6 Å². The zero-order valence-electron chi connectivity index (χ0n) is 11.6. The fourth-order valence-corrected chi connectivity index (χ4v) is 1.86. The summed E-state index contributed by atoms with van der Waals surface area (Å²) in [6, 6.07) is 4.49. The molecule has 1 rings (SSSR count). The lowest BCUT2D eigenvalue weighted by Gasteiger charge is -2.08. The highest BCUT2D eigenvalue weighted by atomic mass is 19.4. The van der Waals surface area contributed by atoms with Crippen molar-refractivity contribution in [3.8, 4) is 0 Å². The molecule has 0 saturated heterocycles. The van der Waals surface area contributed by atoms with E-state index in [9.17, 15) is 18.0 Å². The van der Waals surface area contributed by atoms with E-state index in [-0.39, 0.29) is 5.91 Å². The number of carbonyl (C=O) groups is 1. The molecule has 0 spiro atoms. The first-order chi connectivity index (χ1) is 9.43. The number of hydrogen-bond donors (Lipinski definition) is 1. The summed E-state index contributed by atoms with van der Waals surface area (Å²) >= 11 is 0. The van der Waals surface area contributed by atoms with Gasteiger partial charge in [0, 0.05) is 12.1 Å². The molecular weight excluding hydrogens is 267 g/mol. The Balaban J connectivity index is 2.35. The van der Waals surface area contributed by atoms with Crippen LogP contribution in [-0.4, -0.2) is 5.91 Å². The highest BCUT2D eigenvalue weighted by Crippen LogP contribution is 2.29. The van der Waals surface area contributed by atoms with E-state index in [1.54, 1.807) is 0 Å². The van der Waals surface area contributed by atoms with Crippen molar-refractivity contribution in [1.29, 1.82) is 0 Å². The van der Waals surface area contributed by atoms with Crippen molar-refractivity contribution in [1.82, 2.24) is 0 Å². The minimum atomic E-state index is -4.35. The van der Waals surface area contributed by atoms with Gasteiger partial charge in [0.05, 0.1) is 5.56 Å². The van der Waals surface area contributed by atoms with Gasteiger partial charge in [-0.15, -0.1) is 0 Å². The van der Waals surface area contributed by atoms with E-state index in [2.05, 4.69) is 12.2 Å². The number of nitrogens with one attached hydrogen (secondary N) is 1. The highest BCUT2D eigenvalue weighted by molar-refractivity contribution is 5.90. The molecule has 0 aliphatic carbocycles. The number of carbonyl (C=O) groups excluding carboxylic acids is 1. The zero-order valence-corrected chi connectivity index (χ0v) is 11.6. The average molecular weight is 287 g/mol. The predicted molar refractivity (Wildman–Crippen MR) is 73.4 cm³/mol. The normalized spacial score (nSPS) is 11.4. The second-order valence-corrected chi connectivity index (χ2v) is 4.79. The molecule has 0 radical (unpaired) electrons. The molecule has 0 atom stereocenters. The van der Waals surface area contributed by atoms with Gasteiger partial charge in [0.2, 0.25) is 5.91 Å². The lowest BCUT2D eigenvalue weighted by atomic mass is 10.1. The molecule has 20 heavy (non-hydrogen) atoms. The Morgan fingerprint density at radius 2 is 1.65 bits per heavy atom. The number of hydrogen-bond acceptors (Lipinski definition) is 1. The highest BCUT2D eigenvalue weighted by Gasteiger charge is 2.29. The van der Waals surface area contributed by atoms with Gasteiger partial charge in [0.15, 0.2) is 0 Å². The van der Waals surface area contributed by atoms with Gasteiger partial charge in [-0.1, -0.05) is 32.6 Å².